The molecule has 0 aliphatic carbocycles. The van der Waals surface area contributed by atoms with Crippen molar-refractivity contribution in [3.05, 3.63) is 23.9 Å². The zero-order chi connectivity index (χ0) is 12.5. The first-order valence-corrected chi connectivity index (χ1v) is 6.11. The maximum Gasteiger partial charge on any atom is 0.213 e. The van der Waals surface area contributed by atoms with E-state index in [1.165, 1.54) is 0 Å². The zero-order valence-electron chi connectivity index (χ0n) is 10.9. The lowest BCUT2D eigenvalue weighted by molar-refractivity contribution is 0.0990. The van der Waals surface area contributed by atoms with Crippen molar-refractivity contribution in [1.82, 2.24) is 10.3 Å². The Balaban J connectivity index is 2.30. The molecule has 1 unspecified atom stereocenters. The van der Waals surface area contributed by atoms with E-state index in [0.29, 0.717) is 25.1 Å². The van der Waals surface area contributed by atoms with Crippen molar-refractivity contribution in [2.75, 3.05) is 26.9 Å². The lowest BCUT2D eigenvalue weighted by Crippen LogP contribution is -2.13. The average Bonchev–Trinajstić information content (AvgIpc) is 2.38. The van der Waals surface area contributed by atoms with Crippen LogP contribution in [0.15, 0.2) is 18.3 Å². The van der Waals surface area contributed by atoms with Crippen molar-refractivity contribution in [3.8, 4) is 5.88 Å². The molecule has 1 aromatic heterocycles. The molecule has 1 aromatic rings. The van der Waals surface area contributed by atoms with Crippen molar-refractivity contribution >= 4 is 0 Å². The van der Waals surface area contributed by atoms with Gasteiger partial charge in [0, 0.05) is 24.9 Å². The molecule has 0 amide bonds. The Kier molecular flexibility index (Phi) is 6.58. The smallest absolute Gasteiger partial charge is 0.213 e. The number of hydrogen-bond acceptors (Lipinski definition) is 4. The molecule has 1 atom stereocenters. The molecule has 0 aliphatic rings. The summed E-state index contributed by atoms with van der Waals surface area (Å²) < 4.78 is 10.8. The summed E-state index contributed by atoms with van der Waals surface area (Å²) in [6.07, 6.45) is 2.87. The van der Waals surface area contributed by atoms with E-state index in [9.17, 15) is 0 Å². The van der Waals surface area contributed by atoms with Crippen LogP contribution in [0.4, 0.5) is 0 Å². The largest absolute Gasteiger partial charge is 0.475 e. The summed E-state index contributed by atoms with van der Waals surface area (Å²) in [5, 5.41) is 3.17. The second-order valence-corrected chi connectivity index (χ2v) is 3.90. The predicted molar refractivity (Wildman–Crippen MR) is 68.3 cm³/mol. The van der Waals surface area contributed by atoms with Crippen LogP contribution in [0.5, 0.6) is 5.88 Å². The van der Waals surface area contributed by atoms with E-state index >= 15 is 0 Å². The normalized spacial score (nSPS) is 12.4. The summed E-state index contributed by atoms with van der Waals surface area (Å²) in [7, 11) is 1.93. The number of nitrogens with one attached hydrogen (secondary N) is 1. The minimum Gasteiger partial charge on any atom is -0.475 e. The van der Waals surface area contributed by atoms with Crippen molar-refractivity contribution in [2.45, 2.75) is 26.3 Å². The SMILES string of the molecule is CCCOCCOc1ccc(C(C)NC)cn1. The van der Waals surface area contributed by atoms with Gasteiger partial charge in [0.1, 0.15) is 6.61 Å². The van der Waals surface area contributed by atoms with Gasteiger partial charge in [0.2, 0.25) is 5.88 Å². The van der Waals surface area contributed by atoms with Gasteiger partial charge in [-0.2, -0.15) is 0 Å². The second kappa shape index (κ2) is 8.03. The van der Waals surface area contributed by atoms with Gasteiger partial charge in [-0.1, -0.05) is 13.0 Å². The van der Waals surface area contributed by atoms with Gasteiger partial charge in [0.25, 0.3) is 0 Å². The van der Waals surface area contributed by atoms with Gasteiger partial charge in [0.15, 0.2) is 0 Å². The van der Waals surface area contributed by atoms with Crippen LogP contribution in [0.2, 0.25) is 0 Å². The van der Waals surface area contributed by atoms with Crippen molar-refractivity contribution in [1.29, 1.82) is 0 Å². The lowest BCUT2D eigenvalue weighted by Gasteiger charge is -2.11. The molecule has 0 bridgehead atoms. The Hall–Kier alpha value is -1.13. The van der Waals surface area contributed by atoms with E-state index in [2.05, 4.69) is 24.1 Å². The van der Waals surface area contributed by atoms with Gasteiger partial charge < -0.3 is 14.8 Å². The minimum atomic E-state index is 0.310. The van der Waals surface area contributed by atoms with Gasteiger partial charge >= 0.3 is 0 Å². The number of rotatable bonds is 8. The van der Waals surface area contributed by atoms with Gasteiger partial charge in [-0.05, 0) is 26.0 Å². The molecule has 0 fully saturated rings. The summed E-state index contributed by atoms with van der Waals surface area (Å²) in [6.45, 7) is 6.13. The number of ether oxygens (including phenoxy) is 2. The Morgan fingerprint density at radius 3 is 2.71 bits per heavy atom. The Bertz CT molecular complexity index is 301. The van der Waals surface area contributed by atoms with Crippen LogP contribution in [0.3, 0.4) is 0 Å². The molecule has 17 heavy (non-hydrogen) atoms. The van der Waals surface area contributed by atoms with E-state index in [0.717, 1.165) is 18.6 Å². The van der Waals surface area contributed by atoms with Crippen LogP contribution in [-0.4, -0.2) is 31.9 Å². The minimum absolute atomic E-state index is 0.310. The highest BCUT2D eigenvalue weighted by Gasteiger charge is 2.03. The number of pyridine rings is 1. The maximum atomic E-state index is 5.46. The molecule has 0 aromatic carbocycles. The van der Waals surface area contributed by atoms with Crippen molar-refractivity contribution in [2.24, 2.45) is 0 Å². The second-order valence-electron chi connectivity index (χ2n) is 3.90. The molecule has 1 N–H and O–H groups in total. The van der Waals surface area contributed by atoms with Crippen molar-refractivity contribution in [3.63, 3.8) is 0 Å². The van der Waals surface area contributed by atoms with Gasteiger partial charge in [0.05, 0.1) is 6.61 Å². The number of aromatic nitrogens is 1. The molecule has 0 saturated heterocycles. The van der Waals surface area contributed by atoms with Crippen LogP contribution in [0, 0.1) is 0 Å². The highest BCUT2D eigenvalue weighted by atomic mass is 16.5. The molecule has 1 heterocycles. The Morgan fingerprint density at radius 1 is 1.29 bits per heavy atom. The summed E-state index contributed by atoms with van der Waals surface area (Å²) in [6, 6.07) is 4.23. The van der Waals surface area contributed by atoms with Gasteiger partial charge in [-0.25, -0.2) is 4.98 Å². The molecule has 1 rings (SSSR count). The fraction of sp³-hybridized carbons (Fsp3) is 0.615. The monoisotopic (exact) mass is 238 g/mol. The molecule has 96 valence electrons. The number of nitrogens with zero attached hydrogens (tertiary/aromatic N) is 1. The van der Waals surface area contributed by atoms with Crippen molar-refractivity contribution < 1.29 is 9.47 Å². The third kappa shape index (κ3) is 5.15. The van der Waals surface area contributed by atoms with E-state index in [4.69, 9.17) is 9.47 Å². The maximum absolute atomic E-state index is 5.46. The third-order valence-electron chi connectivity index (χ3n) is 2.52. The van der Waals surface area contributed by atoms with Crippen LogP contribution in [0.25, 0.3) is 0 Å². The lowest BCUT2D eigenvalue weighted by atomic mass is 10.1. The highest BCUT2D eigenvalue weighted by Crippen LogP contribution is 2.13. The molecule has 0 spiro atoms. The Labute approximate surface area is 103 Å². The molecular formula is C13H22N2O2. The first-order valence-electron chi connectivity index (χ1n) is 6.11. The highest BCUT2D eigenvalue weighted by molar-refractivity contribution is 5.20. The molecule has 0 saturated carbocycles. The van der Waals surface area contributed by atoms with E-state index in [-0.39, 0.29) is 0 Å². The van der Waals surface area contributed by atoms with Crippen LogP contribution < -0.4 is 10.1 Å². The first kappa shape index (κ1) is 13.9. The van der Waals surface area contributed by atoms with Crippen LogP contribution >= 0.6 is 0 Å². The summed E-state index contributed by atoms with van der Waals surface area (Å²) in [5.74, 6) is 0.650. The van der Waals surface area contributed by atoms with Gasteiger partial charge in [-0.15, -0.1) is 0 Å². The van der Waals surface area contributed by atoms with E-state index in [1.54, 1.807) is 0 Å². The fourth-order valence-electron chi connectivity index (χ4n) is 1.35. The summed E-state index contributed by atoms with van der Waals surface area (Å²) in [5.41, 5.74) is 1.15. The van der Waals surface area contributed by atoms with Gasteiger partial charge in [-0.3, -0.25) is 0 Å². The molecule has 4 heteroatoms. The topological polar surface area (TPSA) is 43.4 Å². The van der Waals surface area contributed by atoms with Crippen LogP contribution in [0.1, 0.15) is 31.9 Å². The molecule has 4 nitrogen and oxygen atoms in total. The van der Waals surface area contributed by atoms with E-state index in [1.807, 2.05) is 25.4 Å². The fourth-order valence-corrected chi connectivity index (χ4v) is 1.35. The molecular weight excluding hydrogens is 216 g/mol. The standard InChI is InChI=1S/C13H22N2O2/c1-4-7-16-8-9-17-13-6-5-12(10-15-13)11(2)14-3/h5-6,10-11,14H,4,7-9H2,1-3H3. The average molecular weight is 238 g/mol. The predicted octanol–water partition coefficient (Wildman–Crippen LogP) is 2.17. The van der Waals surface area contributed by atoms with Crippen LogP contribution in [-0.2, 0) is 4.74 Å². The Morgan fingerprint density at radius 2 is 2.12 bits per heavy atom. The molecule has 0 aliphatic heterocycles. The quantitative estimate of drug-likeness (QED) is 0.705. The van der Waals surface area contributed by atoms with E-state index < -0.39 is 0 Å². The zero-order valence-corrected chi connectivity index (χ0v) is 10.9. The third-order valence-corrected chi connectivity index (χ3v) is 2.52. The first-order chi connectivity index (χ1) is 8.27. The summed E-state index contributed by atoms with van der Waals surface area (Å²) >= 11 is 0. The summed E-state index contributed by atoms with van der Waals surface area (Å²) in [4.78, 5) is 4.25. The molecule has 0 radical (unpaired) electrons. The number of hydrogen-bond donors (Lipinski definition) is 1.